The topological polar surface area (TPSA) is 111 Å². The molecule has 4 N–H and O–H groups in total. The molecule has 0 saturated carbocycles. The maximum atomic E-state index is 11.1. The van der Waals surface area contributed by atoms with Crippen LogP contribution in [-0.4, -0.2) is 44.8 Å². The van der Waals surface area contributed by atoms with Crippen LogP contribution >= 0.6 is 0 Å². The van der Waals surface area contributed by atoms with Gasteiger partial charge in [-0.05, 0) is 6.08 Å². The van der Waals surface area contributed by atoms with Crippen molar-refractivity contribution in [2.45, 2.75) is 24.4 Å². The Hall–Kier alpha value is -1.47. The molecule has 0 aliphatic heterocycles. The first kappa shape index (κ1) is 12.0. The fraction of sp³-hybridized carbons (Fsp3) is 0.364. The van der Waals surface area contributed by atoms with Gasteiger partial charge in [-0.2, -0.15) is 0 Å². The molecule has 1 heterocycles. The molecule has 0 saturated heterocycles. The minimum Gasteiger partial charge on any atom is -0.464 e. The highest BCUT2D eigenvalue weighted by molar-refractivity contribution is 5.67. The minimum absolute atomic E-state index is 0.0509. The largest absolute Gasteiger partial charge is 0.464 e. The quantitative estimate of drug-likeness (QED) is 0.474. The molecule has 0 amide bonds. The zero-order valence-corrected chi connectivity index (χ0v) is 8.72. The second kappa shape index (κ2) is 4.42. The molecule has 0 aromatic carbocycles. The van der Waals surface area contributed by atoms with Crippen molar-refractivity contribution in [3.05, 3.63) is 40.5 Å². The van der Waals surface area contributed by atoms with Gasteiger partial charge < -0.3 is 24.8 Å². The summed E-state index contributed by atoms with van der Waals surface area (Å²) in [5, 5.41) is 38.0. The Morgan fingerprint density at radius 3 is 2.47 bits per heavy atom. The van der Waals surface area contributed by atoms with Gasteiger partial charge in [-0.25, -0.2) is 0 Å². The maximum absolute atomic E-state index is 11.1. The van der Waals surface area contributed by atoms with Gasteiger partial charge in [0, 0.05) is 17.7 Å². The standard InChI is InChI=1S/C11H12O6/c12-5-1-2-17-8(3-5)6-4-7(13)10(15)11(16)9(6)14/h1-4,7,9-11,13-16H/t7-,9-,10+,11-/m0/s1. The minimum atomic E-state index is -1.53. The van der Waals surface area contributed by atoms with Crippen LogP contribution in [0.25, 0.3) is 5.57 Å². The van der Waals surface area contributed by atoms with Crippen LogP contribution in [0.3, 0.4) is 0 Å². The van der Waals surface area contributed by atoms with Crippen LogP contribution in [0.15, 0.2) is 33.7 Å². The van der Waals surface area contributed by atoms with Gasteiger partial charge in [0.1, 0.15) is 30.2 Å². The molecule has 6 nitrogen and oxygen atoms in total. The summed E-state index contributed by atoms with van der Waals surface area (Å²) < 4.78 is 5.02. The first-order chi connectivity index (χ1) is 8.00. The van der Waals surface area contributed by atoms with Gasteiger partial charge in [0.05, 0.1) is 6.26 Å². The van der Waals surface area contributed by atoms with Crippen molar-refractivity contribution >= 4 is 5.57 Å². The molecule has 0 bridgehead atoms. The van der Waals surface area contributed by atoms with E-state index in [9.17, 15) is 25.2 Å². The molecule has 1 aromatic heterocycles. The third-order valence-corrected chi connectivity index (χ3v) is 2.68. The van der Waals surface area contributed by atoms with Crippen LogP contribution < -0.4 is 5.43 Å². The van der Waals surface area contributed by atoms with Crippen LogP contribution in [0.4, 0.5) is 0 Å². The van der Waals surface area contributed by atoms with E-state index < -0.39 is 24.4 Å². The van der Waals surface area contributed by atoms with Gasteiger partial charge in [-0.15, -0.1) is 0 Å². The molecule has 92 valence electrons. The van der Waals surface area contributed by atoms with Gasteiger partial charge in [0.2, 0.25) is 0 Å². The Labute approximate surface area is 96.1 Å². The lowest BCUT2D eigenvalue weighted by molar-refractivity contribution is -0.0850. The average Bonchev–Trinajstić information content (AvgIpc) is 2.31. The van der Waals surface area contributed by atoms with E-state index in [0.717, 1.165) is 18.4 Å². The Morgan fingerprint density at radius 2 is 1.82 bits per heavy atom. The second-order valence-electron chi connectivity index (χ2n) is 3.87. The molecular weight excluding hydrogens is 228 g/mol. The van der Waals surface area contributed by atoms with Gasteiger partial charge in [0.25, 0.3) is 0 Å². The number of aliphatic hydroxyl groups excluding tert-OH is 4. The lowest BCUT2D eigenvalue weighted by Gasteiger charge is -2.31. The predicted molar refractivity (Wildman–Crippen MR) is 57.0 cm³/mol. The van der Waals surface area contributed by atoms with Gasteiger partial charge in [-0.1, -0.05) is 0 Å². The van der Waals surface area contributed by atoms with Crippen molar-refractivity contribution < 1.29 is 24.8 Å². The molecule has 2 rings (SSSR count). The molecule has 4 atom stereocenters. The highest BCUT2D eigenvalue weighted by Crippen LogP contribution is 2.27. The van der Waals surface area contributed by atoms with E-state index in [4.69, 9.17) is 4.42 Å². The summed E-state index contributed by atoms with van der Waals surface area (Å²) in [6.07, 6.45) is -3.44. The molecular formula is C11H12O6. The Bertz CT molecular complexity index is 491. The molecule has 0 unspecified atom stereocenters. The first-order valence-electron chi connectivity index (χ1n) is 5.04. The van der Waals surface area contributed by atoms with E-state index >= 15 is 0 Å². The van der Waals surface area contributed by atoms with Gasteiger partial charge in [-0.3, -0.25) is 4.79 Å². The molecule has 1 aromatic rings. The number of hydrogen-bond donors (Lipinski definition) is 4. The van der Waals surface area contributed by atoms with E-state index in [1.807, 2.05) is 0 Å². The third-order valence-electron chi connectivity index (χ3n) is 2.68. The lowest BCUT2D eigenvalue weighted by Crippen LogP contribution is -2.47. The average molecular weight is 240 g/mol. The summed E-state index contributed by atoms with van der Waals surface area (Å²) in [4.78, 5) is 11.1. The summed E-state index contributed by atoms with van der Waals surface area (Å²) in [6, 6.07) is 2.33. The van der Waals surface area contributed by atoms with E-state index in [2.05, 4.69) is 0 Å². The normalized spacial score (nSPS) is 33.3. The smallest absolute Gasteiger partial charge is 0.185 e. The van der Waals surface area contributed by atoms with Crippen LogP contribution in [0.2, 0.25) is 0 Å². The SMILES string of the molecule is O=c1ccoc(C2=C[C@H](O)[C@@H](O)[C@@H](O)[C@H]2O)c1. The van der Waals surface area contributed by atoms with Crippen molar-refractivity contribution in [3.63, 3.8) is 0 Å². The summed E-state index contributed by atoms with van der Waals surface area (Å²) in [7, 11) is 0. The zero-order valence-electron chi connectivity index (χ0n) is 8.72. The molecule has 0 spiro atoms. The predicted octanol–water partition coefficient (Wildman–Crippen LogP) is -1.52. The van der Waals surface area contributed by atoms with Gasteiger partial charge >= 0.3 is 0 Å². The summed E-state index contributed by atoms with van der Waals surface area (Å²) in [5.74, 6) is 0.0509. The fourth-order valence-electron chi connectivity index (χ4n) is 1.72. The highest BCUT2D eigenvalue weighted by Gasteiger charge is 2.37. The summed E-state index contributed by atoms with van der Waals surface area (Å²) in [6.45, 7) is 0. The molecule has 0 radical (unpaired) electrons. The van der Waals surface area contributed by atoms with E-state index in [1.165, 1.54) is 6.07 Å². The highest BCUT2D eigenvalue weighted by atomic mass is 16.4. The Kier molecular flexibility index (Phi) is 3.12. The molecule has 0 fully saturated rings. The second-order valence-corrected chi connectivity index (χ2v) is 3.87. The molecule has 1 aliphatic carbocycles. The Balaban J connectivity index is 2.44. The van der Waals surface area contributed by atoms with E-state index in [0.29, 0.717) is 0 Å². The monoisotopic (exact) mass is 240 g/mol. The maximum Gasteiger partial charge on any atom is 0.185 e. The Morgan fingerprint density at radius 1 is 1.12 bits per heavy atom. The zero-order chi connectivity index (χ0) is 12.6. The third kappa shape index (κ3) is 2.16. The van der Waals surface area contributed by atoms with Crippen LogP contribution in [0, 0.1) is 0 Å². The first-order valence-corrected chi connectivity index (χ1v) is 5.04. The number of rotatable bonds is 1. The lowest BCUT2D eigenvalue weighted by atomic mass is 9.88. The summed E-state index contributed by atoms with van der Waals surface area (Å²) >= 11 is 0. The van der Waals surface area contributed by atoms with Crippen molar-refractivity contribution in [3.8, 4) is 0 Å². The molecule has 17 heavy (non-hydrogen) atoms. The molecule has 6 heteroatoms. The van der Waals surface area contributed by atoms with Crippen molar-refractivity contribution in [1.29, 1.82) is 0 Å². The van der Waals surface area contributed by atoms with Crippen molar-refractivity contribution in [1.82, 2.24) is 0 Å². The van der Waals surface area contributed by atoms with Crippen LogP contribution in [0.1, 0.15) is 5.76 Å². The van der Waals surface area contributed by atoms with Gasteiger partial charge in [0.15, 0.2) is 5.43 Å². The van der Waals surface area contributed by atoms with Crippen molar-refractivity contribution in [2.24, 2.45) is 0 Å². The number of aliphatic hydroxyl groups is 4. The fourth-order valence-corrected chi connectivity index (χ4v) is 1.72. The molecule has 1 aliphatic rings. The van der Waals surface area contributed by atoms with E-state index in [-0.39, 0.29) is 16.8 Å². The number of hydrogen-bond acceptors (Lipinski definition) is 6. The van der Waals surface area contributed by atoms with Crippen molar-refractivity contribution in [2.75, 3.05) is 0 Å². The summed E-state index contributed by atoms with van der Waals surface area (Å²) in [5.41, 5.74) is -0.248. The van der Waals surface area contributed by atoms with E-state index in [1.54, 1.807) is 0 Å². The van der Waals surface area contributed by atoms with Crippen LogP contribution in [0.5, 0.6) is 0 Å². The van der Waals surface area contributed by atoms with Crippen LogP contribution in [-0.2, 0) is 0 Å².